The van der Waals surface area contributed by atoms with Gasteiger partial charge in [-0.2, -0.15) is 0 Å². The van der Waals surface area contributed by atoms with Crippen molar-refractivity contribution in [1.82, 2.24) is 0 Å². The van der Waals surface area contributed by atoms with Crippen LogP contribution < -0.4 is 0 Å². The van der Waals surface area contributed by atoms with Gasteiger partial charge in [-0.1, -0.05) is 55.9 Å². The Morgan fingerprint density at radius 3 is 2.14 bits per heavy atom. The number of hydrogen-bond acceptors (Lipinski definition) is 0. The summed E-state index contributed by atoms with van der Waals surface area (Å²) in [6.45, 7) is 2.16. The Hall–Kier alpha value is -2.99. The molecular formula is C25H21F3. The van der Waals surface area contributed by atoms with Gasteiger partial charge >= 0.3 is 0 Å². The predicted octanol–water partition coefficient (Wildman–Crippen LogP) is 6.90. The van der Waals surface area contributed by atoms with Gasteiger partial charge in [0.05, 0.1) is 5.56 Å². The van der Waals surface area contributed by atoms with Crippen molar-refractivity contribution in [3.05, 3.63) is 94.8 Å². The Balaban J connectivity index is 1.81. The first-order valence-electron chi connectivity index (χ1n) is 9.43. The Kier molecular flexibility index (Phi) is 6.55. The molecule has 0 spiro atoms. The summed E-state index contributed by atoms with van der Waals surface area (Å²) in [5.41, 5.74) is 2.55. The van der Waals surface area contributed by atoms with E-state index in [1.165, 1.54) is 48.7 Å². The third-order valence-electron chi connectivity index (χ3n) is 4.58. The number of aryl methyl sites for hydroxylation is 1. The van der Waals surface area contributed by atoms with E-state index in [9.17, 15) is 13.2 Å². The Morgan fingerprint density at radius 1 is 0.750 bits per heavy atom. The molecular weight excluding hydrogens is 357 g/mol. The zero-order chi connectivity index (χ0) is 19.9. The van der Waals surface area contributed by atoms with E-state index in [0.29, 0.717) is 11.1 Å². The fraction of sp³-hybridized carbons (Fsp3) is 0.200. The number of halogens is 3. The topological polar surface area (TPSA) is 0 Å². The van der Waals surface area contributed by atoms with Crippen LogP contribution in [0.1, 0.15) is 42.9 Å². The summed E-state index contributed by atoms with van der Waals surface area (Å²) in [6, 6.07) is 15.4. The zero-order valence-corrected chi connectivity index (χ0v) is 15.7. The van der Waals surface area contributed by atoms with Crippen LogP contribution in [0.5, 0.6) is 0 Å². The van der Waals surface area contributed by atoms with Crippen molar-refractivity contribution in [3.8, 4) is 23.0 Å². The highest BCUT2D eigenvalue weighted by Crippen LogP contribution is 2.26. The second-order valence-corrected chi connectivity index (χ2v) is 6.72. The van der Waals surface area contributed by atoms with Gasteiger partial charge in [-0.05, 0) is 60.4 Å². The van der Waals surface area contributed by atoms with E-state index >= 15 is 0 Å². The number of benzene rings is 3. The number of hydrogen-bond donors (Lipinski definition) is 0. The van der Waals surface area contributed by atoms with Crippen LogP contribution in [0.2, 0.25) is 0 Å². The molecule has 142 valence electrons. The molecule has 3 aromatic carbocycles. The maximum Gasteiger partial charge on any atom is 0.139 e. The van der Waals surface area contributed by atoms with Crippen LogP contribution in [0.4, 0.5) is 13.2 Å². The van der Waals surface area contributed by atoms with Crippen LogP contribution in [0.15, 0.2) is 60.7 Å². The maximum absolute atomic E-state index is 14.6. The lowest BCUT2D eigenvalue weighted by atomic mass is 9.99. The molecule has 0 aliphatic rings. The van der Waals surface area contributed by atoms with Crippen molar-refractivity contribution in [2.45, 2.75) is 32.6 Å². The molecule has 0 atom stereocenters. The summed E-state index contributed by atoms with van der Waals surface area (Å²) in [5.74, 6) is 3.86. The SMILES string of the molecule is CCCCCc1ccc(-c2cc(F)c(C#Cc3ccc(F)cc3)cc2F)cc1. The van der Waals surface area contributed by atoms with E-state index < -0.39 is 11.6 Å². The summed E-state index contributed by atoms with van der Waals surface area (Å²) in [6.07, 6.45) is 4.46. The van der Waals surface area contributed by atoms with Crippen molar-refractivity contribution in [3.63, 3.8) is 0 Å². The van der Waals surface area contributed by atoms with Gasteiger partial charge in [-0.15, -0.1) is 0 Å². The van der Waals surface area contributed by atoms with Gasteiger partial charge < -0.3 is 0 Å². The van der Waals surface area contributed by atoms with Gasteiger partial charge in [0.15, 0.2) is 0 Å². The van der Waals surface area contributed by atoms with Crippen LogP contribution >= 0.6 is 0 Å². The summed E-state index contributed by atoms with van der Waals surface area (Å²) >= 11 is 0. The van der Waals surface area contributed by atoms with Crippen LogP contribution in [0, 0.1) is 29.3 Å². The van der Waals surface area contributed by atoms with E-state index in [1.807, 2.05) is 24.3 Å². The first-order chi connectivity index (χ1) is 13.6. The van der Waals surface area contributed by atoms with E-state index in [0.717, 1.165) is 18.9 Å². The fourth-order valence-electron chi connectivity index (χ4n) is 2.97. The molecule has 0 amide bonds. The van der Waals surface area contributed by atoms with E-state index in [2.05, 4.69) is 18.8 Å². The maximum atomic E-state index is 14.6. The first-order valence-corrected chi connectivity index (χ1v) is 9.43. The third-order valence-corrected chi connectivity index (χ3v) is 4.58. The highest BCUT2D eigenvalue weighted by Gasteiger charge is 2.11. The Morgan fingerprint density at radius 2 is 1.46 bits per heavy atom. The quantitative estimate of drug-likeness (QED) is 0.334. The minimum absolute atomic E-state index is 0.0261. The molecule has 0 saturated heterocycles. The molecule has 0 N–H and O–H groups in total. The lowest BCUT2D eigenvalue weighted by molar-refractivity contribution is 0.600. The van der Waals surface area contributed by atoms with Gasteiger partial charge in [0.2, 0.25) is 0 Å². The van der Waals surface area contributed by atoms with Crippen molar-refractivity contribution >= 4 is 0 Å². The molecule has 0 aliphatic heterocycles. The molecule has 3 aromatic rings. The molecule has 0 fully saturated rings. The Labute approximate surface area is 164 Å². The minimum Gasteiger partial charge on any atom is -0.207 e. The molecule has 3 rings (SSSR count). The fourth-order valence-corrected chi connectivity index (χ4v) is 2.97. The van der Waals surface area contributed by atoms with Crippen molar-refractivity contribution in [2.24, 2.45) is 0 Å². The normalized spacial score (nSPS) is 10.4. The molecule has 0 radical (unpaired) electrons. The summed E-state index contributed by atoms with van der Waals surface area (Å²) in [5, 5.41) is 0. The van der Waals surface area contributed by atoms with E-state index in [4.69, 9.17) is 0 Å². The van der Waals surface area contributed by atoms with Crippen molar-refractivity contribution < 1.29 is 13.2 Å². The predicted molar refractivity (Wildman–Crippen MR) is 107 cm³/mol. The van der Waals surface area contributed by atoms with Crippen molar-refractivity contribution in [1.29, 1.82) is 0 Å². The molecule has 0 unspecified atom stereocenters. The lowest BCUT2D eigenvalue weighted by Crippen LogP contribution is -1.92. The smallest absolute Gasteiger partial charge is 0.139 e. The number of unbranched alkanes of at least 4 members (excludes halogenated alkanes) is 2. The van der Waals surface area contributed by atoms with Crippen LogP contribution in [-0.2, 0) is 6.42 Å². The summed E-state index contributed by atoms with van der Waals surface area (Å²) < 4.78 is 41.9. The minimum atomic E-state index is -0.585. The highest BCUT2D eigenvalue weighted by molar-refractivity contribution is 5.66. The molecule has 0 nitrogen and oxygen atoms in total. The molecule has 0 heterocycles. The molecule has 0 aromatic heterocycles. The zero-order valence-electron chi connectivity index (χ0n) is 15.7. The van der Waals surface area contributed by atoms with Gasteiger partial charge in [-0.3, -0.25) is 0 Å². The van der Waals surface area contributed by atoms with Crippen molar-refractivity contribution in [2.75, 3.05) is 0 Å². The molecule has 0 saturated carbocycles. The molecule has 28 heavy (non-hydrogen) atoms. The molecule has 0 bridgehead atoms. The molecule has 0 aliphatic carbocycles. The third kappa shape index (κ3) is 5.04. The van der Waals surface area contributed by atoms with E-state index in [-0.39, 0.29) is 16.9 Å². The average molecular weight is 378 g/mol. The average Bonchev–Trinajstić information content (AvgIpc) is 2.70. The molecule has 3 heteroatoms. The standard InChI is InChI=1S/C25H21F3/c1-2-3-4-5-18-6-11-20(12-7-18)23-17-24(27)21(16-25(23)28)13-8-19-9-14-22(26)15-10-19/h6-7,9-12,14-17H,2-5H2,1H3. The largest absolute Gasteiger partial charge is 0.207 e. The van der Waals surface area contributed by atoms with Gasteiger partial charge in [-0.25, -0.2) is 13.2 Å². The monoisotopic (exact) mass is 378 g/mol. The number of rotatable bonds is 5. The van der Waals surface area contributed by atoms with Gasteiger partial charge in [0.25, 0.3) is 0 Å². The van der Waals surface area contributed by atoms with Crippen LogP contribution in [0.25, 0.3) is 11.1 Å². The van der Waals surface area contributed by atoms with Crippen LogP contribution in [-0.4, -0.2) is 0 Å². The van der Waals surface area contributed by atoms with Gasteiger partial charge in [0, 0.05) is 11.1 Å². The van der Waals surface area contributed by atoms with E-state index in [1.54, 1.807) is 0 Å². The second kappa shape index (κ2) is 9.28. The Bertz CT molecular complexity index is 991. The lowest BCUT2D eigenvalue weighted by Gasteiger charge is -2.07. The second-order valence-electron chi connectivity index (χ2n) is 6.72. The summed E-state index contributed by atoms with van der Waals surface area (Å²) in [4.78, 5) is 0. The first kappa shape index (κ1) is 19.8. The highest BCUT2D eigenvalue weighted by atomic mass is 19.1. The van der Waals surface area contributed by atoms with Crippen LogP contribution in [0.3, 0.4) is 0 Å². The van der Waals surface area contributed by atoms with Gasteiger partial charge in [0.1, 0.15) is 17.5 Å². The summed E-state index contributed by atoms with van der Waals surface area (Å²) in [7, 11) is 0.